The van der Waals surface area contributed by atoms with Gasteiger partial charge in [-0.25, -0.2) is 0 Å². The normalized spacial score (nSPS) is 21.3. The second-order valence-corrected chi connectivity index (χ2v) is 6.03. The van der Waals surface area contributed by atoms with Gasteiger partial charge in [0.25, 0.3) is 5.69 Å². The molecule has 104 valence electrons. The Hall–Kier alpha value is -1.58. The van der Waals surface area contributed by atoms with Crippen molar-refractivity contribution in [2.45, 2.75) is 52.5 Å². The lowest BCUT2D eigenvalue weighted by atomic mass is 9.87. The fourth-order valence-electron chi connectivity index (χ4n) is 2.92. The highest BCUT2D eigenvalue weighted by Gasteiger charge is 2.34. The predicted octanol–water partition coefficient (Wildman–Crippen LogP) is 4.15. The smallest absolute Gasteiger partial charge is 0.274 e. The van der Waals surface area contributed by atoms with Crippen LogP contribution in [0.15, 0.2) is 18.2 Å². The summed E-state index contributed by atoms with van der Waals surface area (Å²) in [6.07, 6.45) is 4.25. The van der Waals surface area contributed by atoms with Gasteiger partial charge in [-0.15, -0.1) is 0 Å². The molecule has 19 heavy (non-hydrogen) atoms. The molecule has 0 aliphatic heterocycles. The predicted molar refractivity (Wildman–Crippen MR) is 77.5 cm³/mol. The molecule has 0 aromatic heterocycles. The van der Waals surface area contributed by atoms with Crippen LogP contribution in [0.25, 0.3) is 0 Å². The highest BCUT2D eigenvalue weighted by molar-refractivity contribution is 5.56. The average Bonchev–Trinajstić information content (AvgIpc) is 2.68. The van der Waals surface area contributed by atoms with Gasteiger partial charge in [-0.1, -0.05) is 33.3 Å². The Morgan fingerprint density at radius 2 is 2.21 bits per heavy atom. The number of benzene rings is 1. The third-order valence-electron chi connectivity index (χ3n) is 4.26. The van der Waals surface area contributed by atoms with E-state index in [1.54, 1.807) is 6.07 Å². The summed E-state index contributed by atoms with van der Waals surface area (Å²) in [6, 6.07) is 5.90. The van der Waals surface area contributed by atoms with Crippen LogP contribution < -0.4 is 5.32 Å². The lowest BCUT2D eigenvalue weighted by molar-refractivity contribution is -0.385. The highest BCUT2D eigenvalue weighted by atomic mass is 16.6. The van der Waals surface area contributed by atoms with Crippen LogP contribution in [-0.4, -0.2) is 11.0 Å². The molecule has 0 amide bonds. The minimum atomic E-state index is -0.288. The molecule has 1 saturated carbocycles. The maximum Gasteiger partial charge on any atom is 0.274 e. The molecule has 0 spiro atoms. The maximum absolute atomic E-state index is 11.1. The number of nitrogens with one attached hydrogen (secondary N) is 1. The van der Waals surface area contributed by atoms with E-state index in [9.17, 15) is 10.1 Å². The van der Waals surface area contributed by atoms with E-state index in [0.717, 1.165) is 17.7 Å². The molecular weight excluding hydrogens is 240 g/mol. The lowest BCUT2D eigenvalue weighted by Crippen LogP contribution is -2.30. The van der Waals surface area contributed by atoms with Crippen molar-refractivity contribution in [1.29, 1.82) is 0 Å². The summed E-state index contributed by atoms with van der Waals surface area (Å²) >= 11 is 0. The Labute approximate surface area is 114 Å². The van der Waals surface area contributed by atoms with Gasteiger partial charge in [0.1, 0.15) is 0 Å². The molecule has 0 saturated heterocycles. The van der Waals surface area contributed by atoms with E-state index < -0.39 is 0 Å². The minimum absolute atomic E-state index is 0.225. The topological polar surface area (TPSA) is 55.2 Å². The molecule has 1 fully saturated rings. The first kappa shape index (κ1) is 13.8. The van der Waals surface area contributed by atoms with Crippen LogP contribution in [0, 0.1) is 15.5 Å². The zero-order valence-corrected chi connectivity index (χ0v) is 11.9. The number of nitrogens with zero attached hydrogens (tertiary/aromatic N) is 1. The van der Waals surface area contributed by atoms with E-state index in [1.165, 1.54) is 12.8 Å². The summed E-state index contributed by atoms with van der Waals surface area (Å²) in [5.41, 5.74) is 2.14. The summed E-state index contributed by atoms with van der Waals surface area (Å²) in [6.45, 7) is 6.45. The Morgan fingerprint density at radius 3 is 2.74 bits per heavy atom. The Kier molecular flexibility index (Phi) is 3.78. The number of nitro groups is 1. The molecule has 4 heteroatoms. The maximum atomic E-state index is 11.1. The van der Waals surface area contributed by atoms with Crippen LogP contribution in [0.1, 0.15) is 45.6 Å². The van der Waals surface area contributed by atoms with E-state index in [4.69, 9.17) is 0 Å². The molecule has 1 aliphatic rings. The molecule has 0 radical (unpaired) electrons. The van der Waals surface area contributed by atoms with Gasteiger partial charge in [-0.3, -0.25) is 10.1 Å². The quantitative estimate of drug-likeness (QED) is 0.655. The van der Waals surface area contributed by atoms with Crippen molar-refractivity contribution >= 4 is 11.4 Å². The van der Waals surface area contributed by atoms with Crippen molar-refractivity contribution in [3.63, 3.8) is 0 Å². The molecule has 0 heterocycles. The number of aryl methyl sites for hydroxylation is 1. The molecule has 2 rings (SSSR count). The zero-order valence-electron chi connectivity index (χ0n) is 11.9. The van der Waals surface area contributed by atoms with Crippen molar-refractivity contribution < 1.29 is 4.92 Å². The number of hydrogen-bond donors (Lipinski definition) is 1. The zero-order chi connectivity index (χ0) is 14.0. The SMILES string of the molecule is CCc1ccc(NC2CCCC2(C)C)cc1[N+](=O)[O-]. The third-order valence-corrected chi connectivity index (χ3v) is 4.26. The van der Waals surface area contributed by atoms with Crippen molar-refractivity contribution in [3.05, 3.63) is 33.9 Å². The molecular formula is C15H22N2O2. The van der Waals surface area contributed by atoms with Gasteiger partial charge in [0, 0.05) is 23.4 Å². The van der Waals surface area contributed by atoms with Crippen LogP contribution >= 0.6 is 0 Å². The van der Waals surface area contributed by atoms with Gasteiger partial charge in [-0.05, 0) is 30.7 Å². The second-order valence-electron chi connectivity index (χ2n) is 6.03. The van der Waals surface area contributed by atoms with Gasteiger partial charge < -0.3 is 5.32 Å². The van der Waals surface area contributed by atoms with Crippen LogP contribution in [0.5, 0.6) is 0 Å². The van der Waals surface area contributed by atoms with Crippen LogP contribution in [-0.2, 0) is 6.42 Å². The molecule has 1 aromatic rings. The molecule has 1 N–H and O–H groups in total. The number of nitro benzene ring substituents is 1. The first-order chi connectivity index (χ1) is 8.94. The lowest BCUT2D eigenvalue weighted by Gasteiger charge is -2.28. The molecule has 4 nitrogen and oxygen atoms in total. The van der Waals surface area contributed by atoms with E-state index in [1.807, 2.05) is 19.1 Å². The molecule has 0 bridgehead atoms. The molecule has 1 atom stereocenters. The first-order valence-corrected chi connectivity index (χ1v) is 6.98. The summed E-state index contributed by atoms with van der Waals surface area (Å²) in [4.78, 5) is 10.8. The largest absolute Gasteiger partial charge is 0.382 e. The monoisotopic (exact) mass is 262 g/mol. The van der Waals surface area contributed by atoms with Crippen molar-refractivity contribution in [2.75, 3.05) is 5.32 Å². The fraction of sp³-hybridized carbons (Fsp3) is 0.600. The van der Waals surface area contributed by atoms with Crippen molar-refractivity contribution in [2.24, 2.45) is 5.41 Å². The van der Waals surface area contributed by atoms with Crippen LogP contribution in [0.3, 0.4) is 0 Å². The standard InChI is InChI=1S/C15H22N2O2/c1-4-11-7-8-12(10-13(11)17(18)19)16-14-6-5-9-15(14,2)3/h7-8,10,14,16H,4-6,9H2,1-3H3. The third kappa shape index (κ3) is 2.88. The van der Waals surface area contributed by atoms with Crippen molar-refractivity contribution in [3.8, 4) is 0 Å². The number of hydrogen-bond acceptors (Lipinski definition) is 3. The Bertz CT molecular complexity index is 483. The average molecular weight is 262 g/mol. The molecule has 1 aliphatic carbocycles. The summed E-state index contributed by atoms with van der Waals surface area (Å²) in [5.74, 6) is 0. The van der Waals surface area contributed by atoms with Gasteiger partial charge in [-0.2, -0.15) is 0 Å². The van der Waals surface area contributed by atoms with E-state index >= 15 is 0 Å². The first-order valence-electron chi connectivity index (χ1n) is 6.98. The molecule has 1 aromatic carbocycles. The van der Waals surface area contributed by atoms with Crippen LogP contribution in [0.4, 0.5) is 11.4 Å². The van der Waals surface area contributed by atoms with E-state index in [-0.39, 0.29) is 16.0 Å². The summed E-state index contributed by atoms with van der Waals surface area (Å²) in [7, 11) is 0. The van der Waals surface area contributed by atoms with Crippen LogP contribution in [0.2, 0.25) is 0 Å². The minimum Gasteiger partial charge on any atom is -0.382 e. The summed E-state index contributed by atoms with van der Waals surface area (Å²) in [5, 5.41) is 14.5. The number of anilines is 1. The highest BCUT2D eigenvalue weighted by Crippen LogP contribution is 2.39. The Morgan fingerprint density at radius 1 is 1.47 bits per heavy atom. The number of rotatable bonds is 4. The van der Waals surface area contributed by atoms with Gasteiger partial charge in [0.2, 0.25) is 0 Å². The van der Waals surface area contributed by atoms with E-state index in [2.05, 4.69) is 19.2 Å². The summed E-state index contributed by atoms with van der Waals surface area (Å²) < 4.78 is 0. The Balaban J connectivity index is 2.22. The van der Waals surface area contributed by atoms with Gasteiger partial charge in [0.15, 0.2) is 0 Å². The van der Waals surface area contributed by atoms with Crippen molar-refractivity contribution in [1.82, 2.24) is 0 Å². The van der Waals surface area contributed by atoms with Gasteiger partial charge >= 0.3 is 0 Å². The molecule has 1 unspecified atom stereocenters. The second kappa shape index (κ2) is 5.19. The van der Waals surface area contributed by atoms with Gasteiger partial charge in [0.05, 0.1) is 4.92 Å². The fourth-order valence-corrected chi connectivity index (χ4v) is 2.92. The van der Waals surface area contributed by atoms with E-state index in [0.29, 0.717) is 12.5 Å².